The summed E-state index contributed by atoms with van der Waals surface area (Å²) in [5.74, 6) is -0.727. The van der Waals surface area contributed by atoms with E-state index in [9.17, 15) is 4.79 Å². The van der Waals surface area contributed by atoms with Crippen molar-refractivity contribution >= 4 is 5.97 Å². The largest absolute Gasteiger partial charge is 0.481 e. The Kier molecular flexibility index (Phi) is 5.16. The summed E-state index contributed by atoms with van der Waals surface area (Å²) in [4.78, 5) is 10.8. The Labute approximate surface area is 103 Å². The van der Waals surface area contributed by atoms with Gasteiger partial charge in [0, 0.05) is 12.6 Å². The number of carboxylic acid groups (broad SMARTS) is 1. The molecular formula is C14H21NO2. The fourth-order valence-corrected chi connectivity index (χ4v) is 1.65. The lowest BCUT2D eigenvalue weighted by atomic mass is 9.99. The van der Waals surface area contributed by atoms with Crippen molar-refractivity contribution in [2.24, 2.45) is 5.92 Å². The maximum atomic E-state index is 10.8. The van der Waals surface area contributed by atoms with E-state index in [1.165, 1.54) is 5.56 Å². The summed E-state index contributed by atoms with van der Waals surface area (Å²) < 4.78 is 0. The molecule has 0 fully saturated rings. The highest BCUT2D eigenvalue weighted by molar-refractivity contribution is 5.70. The Balaban J connectivity index is 2.43. The molecule has 0 spiro atoms. The van der Waals surface area contributed by atoms with Gasteiger partial charge in [0.1, 0.15) is 0 Å². The van der Waals surface area contributed by atoms with E-state index >= 15 is 0 Å². The lowest BCUT2D eigenvalue weighted by Crippen LogP contribution is -2.38. The molecule has 0 radical (unpaired) electrons. The molecule has 0 aliphatic rings. The summed E-state index contributed by atoms with van der Waals surface area (Å²) in [7, 11) is 0. The van der Waals surface area contributed by atoms with Gasteiger partial charge in [0.2, 0.25) is 0 Å². The fourth-order valence-electron chi connectivity index (χ4n) is 1.65. The van der Waals surface area contributed by atoms with Crippen LogP contribution in [-0.4, -0.2) is 23.7 Å². The van der Waals surface area contributed by atoms with Crippen molar-refractivity contribution in [3.8, 4) is 0 Å². The molecule has 17 heavy (non-hydrogen) atoms. The Morgan fingerprint density at radius 3 is 2.35 bits per heavy atom. The highest BCUT2D eigenvalue weighted by atomic mass is 16.4. The van der Waals surface area contributed by atoms with Gasteiger partial charge in [0.05, 0.1) is 5.92 Å². The summed E-state index contributed by atoms with van der Waals surface area (Å²) >= 11 is 0. The van der Waals surface area contributed by atoms with Crippen LogP contribution in [0.2, 0.25) is 0 Å². The molecule has 0 aliphatic carbocycles. The molecule has 0 saturated heterocycles. The minimum Gasteiger partial charge on any atom is -0.481 e. The third kappa shape index (κ3) is 4.19. The van der Waals surface area contributed by atoms with Gasteiger partial charge in [-0.15, -0.1) is 0 Å². The molecule has 0 heterocycles. The third-order valence-electron chi connectivity index (χ3n) is 3.25. The Morgan fingerprint density at radius 1 is 1.24 bits per heavy atom. The highest BCUT2D eigenvalue weighted by Crippen LogP contribution is 2.14. The highest BCUT2D eigenvalue weighted by Gasteiger charge is 2.19. The number of hydrogen-bond acceptors (Lipinski definition) is 2. The van der Waals surface area contributed by atoms with Gasteiger partial charge in [0.15, 0.2) is 0 Å². The van der Waals surface area contributed by atoms with Crippen LogP contribution in [-0.2, 0) is 4.79 Å². The van der Waals surface area contributed by atoms with Crippen LogP contribution in [0.5, 0.6) is 0 Å². The van der Waals surface area contributed by atoms with Crippen LogP contribution in [0.25, 0.3) is 0 Å². The minimum absolute atomic E-state index is 0.0151. The molecule has 0 aromatic heterocycles. The van der Waals surface area contributed by atoms with E-state index in [-0.39, 0.29) is 12.0 Å². The lowest BCUT2D eigenvalue weighted by molar-refractivity contribution is -0.141. The van der Waals surface area contributed by atoms with E-state index in [0.717, 1.165) is 6.54 Å². The monoisotopic (exact) mass is 235 g/mol. The first-order valence-corrected chi connectivity index (χ1v) is 6.03. The molecule has 0 bridgehead atoms. The number of hydrogen-bond donors (Lipinski definition) is 2. The predicted octanol–water partition coefficient (Wildman–Crippen LogP) is 2.49. The molecule has 3 unspecified atom stereocenters. The van der Waals surface area contributed by atoms with Gasteiger partial charge >= 0.3 is 5.97 Å². The molecule has 0 amide bonds. The molecule has 3 heteroatoms. The van der Waals surface area contributed by atoms with Crippen LogP contribution in [0, 0.1) is 5.92 Å². The van der Waals surface area contributed by atoms with Crippen LogP contribution < -0.4 is 5.32 Å². The van der Waals surface area contributed by atoms with Gasteiger partial charge in [-0.05, 0) is 18.4 Å². The average Bonchev–Trinajstić information content (AvgIpc) is 2.35. The Morgan fingerprint density at radius 2 is 1.82 bits per heavy atom. The number of carboxylic acids is 1. The zero-order chi connectivity index (χ0) is 12.8. The predicted molar refractivity (Wildman–Crippen MR) is 69.1 cm³/mol. The Hall–Kier alpha value is -1.35. The van der Waals surface area contributed by atoms with E-state index in [0.29, 0.717) is 5.92 Å². The van der Waals surface area contributed by atoms with Gasteiger partial charge < -0.3 is 10.4 Å². The molecule has 1 aromatic carbocycles. The van der Waals surface area contributed by atoms with E-state index in [1.54, 1.807) is 6.92 Å². The lowest BCUT2D eigenvalue weighted by Gasteiger charge is -2.20. The van der Waals surface area contributed by atoms with E-state index in [1.807, 2.05) is 25.1 Å². The normalized spacial score (nSPS) is 16.2. The molecule has 3 nitrogen and oxygen atoms in total. The second-order valence-electron chi connectivity index (χ2n) is 4.64. The van der Waals surface area contributed by atoms with Crippen LogP contribution >= 0.6 is 0 Å². The summed E-state index contributed by atoms with van der Waals surface area (Å²) in [5, 5.41) is 12.2. The SMILES string of the molecule is CC(CNC(C)C(C)C(=O)O)c1ccccc1. The van der Waals surface area contributed by atoms with Crippen LogP contribution in [0.3, 0.4) is 0 Å². The van der Waals surface area contributed by atoms with Gasteiger partial charge in [-0.25, -0.2) is 0 Å². The number of nitrogens with one attached hydrogen (secondary N) is 1. The van der Waals surface area contributed by atoms with Gasteiger partial charge in [-0.2, -0.15) is 0 Å². The van der Waals surface area contributed by atoms with E-state index < -0.39 is 5.97 Å². The molecule has 94 valence electrons. The maximum absolute atomic E-state index is 10.8. The number of rotatable bonds is 6. The number of benzene rings is 1. The number of carbonyl (C=O) groups is 1. The summed E-state index contributed by atoms with van der Waals surface area (Å²) in [6, 6.07) is 10.2. The van der Waals surface area contributed by atoms with Crippen LogP contribution in [0.4, 0.5) is 0 Å². The molecule has 0 aliphatic heterocycles. The van der Waals surface area contributed by atoms with Gasteiger partial charge in [-0.3, -0.25) is 4.79 Å². The Bertz CT molecular complexity index is 350. The van der Waals surface area contributed by atoms with Crippen molar-refractivity contribution < 1.29 is 9.90 Å². The first-order valence-electron chi connectivity index (χ1n) is 6.03. The van der Waals surface area contributed by atoms with E-state index in [2.05, 4.69) is 24.4 Å². The summed E-state index contributed by atoms with van der Waals surface area (Å²) in [6.07, 6.45) is 0. The van der Waals surface area contributed by atoms with Crippen molar-refractivity contribution in [1.82, 2.24) is 5.32 Å². The second kappa shape index (κ2) is 6.40. The zero-order valence-electron chi connectivity index (χ0n) is 10.7. The van der Waals surface area contributed by atoms with Crippen LogP contribution in [0.15, 0.2) is 30.3 Å². The molecular weight excluding hydrogens is 214 g/mol. The van der Waals surface area contributed by atoms with E-state index in [4.69, 9.17) is 5.11 Å². The average molecular weight is 235 g/mol. The van der Waals surface area contributed by atoms with Crippen molar-refractivity contribution in [1.29, 1.82) is 0 Å². The molecule has 0 saturated carbocycles. The smallest absolute Gasteiger partial charge is 0.307 e. The maximum Gasteiger partial charge on any atom is 0.307 e. The fraction of sp³-hybridized carbons (Fsp3) is 0.500. The zero-order valence-corrected chi connectivity index (χ0v) is 10.7. The van der Waals surface area contributed by atoms with Crippen molar-refractivity contribution in [2.45, 2.75) is 32.7 Å². The molecule has 1 aromatic rings. The topological polar surface area (TPSA) is 49.3 Å². The minimum atomic E-state index is -0.752. The van der Waals surface area contributed by atoms with Gasteiger partial charge in [-0.1, -0.05) is 44.2 Å². The standard InChI is InChI=1S/C14H21NO2/c1-10(13-7-5-4-6-8-13)9-15-12(3)11(2)14(16)17/h4-8,10-12,15H,9H2,1-3H3,(H,16,17). The second-order valence-corrected chi connectivity index (χ2v) is 4.64. The van der Waals surface area contributed by atoms with Crippen LogP contribution in [0.1, 0.15) is 32.3 Å². The molecule has 3 atom stereocenters. The first-order chi connectivity index (χ1) is 8.02. The molecule has 2 N–H and O–H groups in total. The quantitative estimate of drug-likeness (QED) is 0.796. The third-order valence-corrected chi connectivity index (χ3v) is 3.25. The summed E-state index contributed by atoms with van der Waals surface area (Å²) in [6.45, 7) is 6.58. The molecule has 1 rings (SSSR count). The number of aliphatic carboxylic acids is 1. The van der Waals surface area contributed by atoms with Crippen molar-refractivity contribution in [2.75, 3.05) is 6.54 Å². The van der Waals surface area contributed by atoms with Gasteiger partial charge in [0.25, 0.3) is 0 Å². The van der Waals surface area contributed by atoms with Crippen molar-refractivity contribution in [3.05, 3.63) is 35.9 Å². The van der Waals surface area contributed by atoms with Crippen molar-refractivity contribution in [3.63, 3.8) is 0 Å². The summed E-state index contributed by atoms with van der Waals surface area (Å²) in [5.41, 5.74) is 1.27. The first kappa shape index (κ1) is 13.7.